The van der Waals surface area contributed by atoms with E-state index >= 15 is 0 Å². The van der Waals surface area contributed by atoms with E-state index < -0.39 is 0 Å². The predicted octanol–water partition coefficient (Wildman–Crippen LogP) is 4.17. The number of rotatable bonds is 9. The SMILES string of the molecule is CCNCCCCCc1ccc(OCC)c(Br)c1. The largest absolute Gasteiger partial charge is 0.493 e. The topological polar surface area (TPSA) is 21.3 Å². The lowest BCUT2D eigenvalue weighted by Gasteiger charge is -2.08. The van der Waals surface area contributed by atoms with E-state index in [0.29, 0.717) is 6.61 Å². The van der Waals surface area contributed by atoms with Crippen molar-refractivity contribution < 1.29 is 4.74 Å². The molecule has 1 rings (SSSR count). The molecule has 0 amide bonds. The maximum Gasteiger partial charge on any atom is 0.133 e. The number of hydrogen-bond donors (Lipinski definition) is 1. The molecule has 3 heteroatoms. The fraction of sp³-hybridized carbons (Fsp3) is 0.600. The Morgan fingerprint density at radius 1 is 1.17 bits per heavy atom. The molecular weight excluding hydrogens is 290 g/mol. The first-order chi connectivity index (χ1) is 8.77. The first-order valence-electron chi connectivity index (χ1n) is 6.89. The highest BCUT2D eigenvalue weighted by Gasteiger charge is 2.02. The number of hydrogen-bond acceptors (Lipinski definition) is 2. The molecule has 0 aliphatic heterocycles. The van der Waals surface area contributed by atoms with E-state index in [1.54, 1.807) is 0 Å². The minimum absolute atomic E-state index is 0.711. The van der Waals surface area contributed by atoms with Gasteiger partial charge >= 0.3 is 0 Å². The van der Waals surface area contributed by atoms with Gasteiger partial charge in [-0.25, -0.2) is 0 Å². The van der Waals surface area contributed by atoms with Crippen molar-refractivity contribution in [3.05, 3.63) is 28.2 Å². The summed E-state index contributed by atoms with van der Waals surface area (Å²) < 4.78 is 6.57. The van der Waals surface area contributed by atoms with Gasteiger partial charge in [-0.2, -0.15) is 0 Å². The molecule has 0 saturated carbocycles. The summed E-state index contributed by atoms with van der Waals surface area (Å²) in [6.45, 7) is 7.08. The van der Waals surface area contributed by atoms with Crippen LogP contribution < -0.4 is 10.1 Å². The molecule has 0 saturated heterocycles. The van der Waals surface area contributed by atoms with Crippen molar-refractivity contribution in [3.8, 4) is 5.75 Å². The van der Waals surface area contributed by atoms with E-state index in [9.17, 15) is 0 Å². The molecule has 0 atom stereocenters. The van der Waals surface area contributed by atoms with Crippen LogP contribution in [0.5, 0.6) is 5.75 Å². The molecule has 0 spiro atoms. The van der Waals surface area contributed by atoms with Gasteiger partial charge in [-0.05, 0) is 72.9 Å². The number of ether oxygens (including phenoxy) is 1. The molecule has 0 aromatic heterocycles. The Morgan fingerprint density at radius 3 is 2.67 bits per heavy atom. The van der Waals surface area contributed by atoms with E-state index in [1.807, 2.05) is 6.92 Å². The average Bonchev–Trinajstić information content (AvgIpc) is 2.37. The zero-order valence-corrected chi connectivity index (χ0v) is 13.1. The summed E-state index contributed by atoms with van der Waals surface area (Å²) in [5.41, 5.74) is 1.38. The normalized spacial score (nSPS) is 10.6. The molecule has 0 unspecified atom stereocenters. The Hall–Kier alpha value is -0.540. The summed E-state index contributed by atoms with van der Waals surface area (Å²) in [5.74, 6) is 0.938. The van der Waals surface area contributed by atoms with Crippen LogP contribution in [0.4, 0.5) is 0 Å². The molecule has 0 fully saturated rings. The summed E-state index contributed by atoms with van der Waals surface area (Å²) in [6, 6.07) is 6.40. The first kappa shape index (κ1) is 15.5. The summed E-state index contributed by atoms with van der Waals surface area (Å²) in [4.78, 5) is 0. The fourth-order valence-corrected chi connectivity index (χ4v) is 2.45. The second kappa shape index (κ2) is 9.40. The monoisotopic (exact) mass is 313 g/mol. The Kier molecular flexibility index (Phi) is 8.10. The van der Waals surface area contributed by atoms with Crippen LogP contribution >= 0.6 is 15.9 Å². The van der Waals surface area contributed by atoms with E-state index in [4.69, 9.17) is 4.74 Å². The molecule has 0 bridgehead atoms. The van der Waals surface area contributed by atoms with Crippen LogP contribution in [-0.4, -0.2) is 19.7 Å². The highest BCUT2D eigenvalue weighted by Crippen LogP contribution is 2.26. The fourth-order valence-electron chi connectivity index (χ4n) is 1.91. The minimum Gasteiger partial charge on any atom is -0.493 e. The van der Waals surface area contributed by atoms with Gasteiger partial charge in [0.2, 0.25) is 0 Å². The maximum atomic E-state index is 5.51. The summed E-state index contributed by atoms with van der Waals surface area (Å²) in [5, 5.41) is 3.35. The summed E-state index contributed by atoms with van der Waals surface area (Å²) in [6.07, 6.45) is 4.97. The van der Waals surface area contributed by atoms with E-state index in [1.165, 1.54) is 24.8 Å². The second-order valence-corrected chi connectivity index (χ2v) is 5.22. The van der Waals surface area contributed by atoms with Crippen LogP contribution in [-0.2, 0) is 6.42 Å². The Bertz CT molecular complexity index is 341. The molecule has 0 heterocycles. The lowest BCUT2D eigenvalue weighted by Crippen LogP contribution is -2.13. The zero-order valence-electron chi connectivity index (χ0n) is 11.5. The third-order valence-electron chi connectivity index (χ3n) is 2.87. The van der Waals surface area contributed by atoms with Crippen molar-refractivity contribution in [2.45, 2.75) is 39.5 Å². The molecule has 2 nitrogen and oxygen atoms in total. The molecule has 18 heavy (non-hydrogen) atoms. The van der Waals surface area contributed by atoms with Crippen LogP contribution in [0.2, 0.25) is 0 Å². The van der Waals surface area contributed by atoms with Crippen molar-refractivity contribution in [2.75, 3.05) is 19.7 Å². The first-order valence-corrected chi connectivity index (χ1v) is 7.69. The highest BCUT2D eigenvalue weighted by atomic mass is 79.9. The van der Waals surface area contributed by atoms with Gasteiger partial charge < -0.3 is 10.1 Å². The van der Waals surface area contributed by atoms with Gasteiger partial charge in [-0.3, -0.25) is 0 Å². The number of unbranched alkanes of at least 4 members (excludes halogenated alkanes) is 2. The Balaban J connectivity index is 2.28. The van der Waals surface area contributed by atoms with Gasteiger partial charge in [0.1, 0.15) is 5.75 Å². The van der Waals surface area contributed by atoms with E-state index in [-0.39, 0.29) is 0 Å². The summed E-state index contributed by atoms with van der Waals surface area (Å²) >= 11 is 3.56. The molecule has 0 aliphatic carbocycles. The molecule has 1 N–H and O–H groups in total. The molecular formula is C15H24BrNO. The van der Waals surface area contributed by atoms with Crippen LogP contribution in [0.15, 0.2) is 22.7 Å². The Morgan fingerprint density at radius 2 is 2.00 bits per heavy atom. The van der Waals surface area contributed by atoms with Crippen molar-refractivity contribution >= 4 is 15.9 Å². The van der Waals surface area contributed by atoms with Crippen LogP contribution in [0.25, 0.3) is 0 Å². The number of benzene rings is 1. The van der Waals surface area contributed by atoms with Crippen molar-refractivity contribution in [2.24, 2.45) is 0 Å². The molecule has 0 aliphatic rings. The number of halogens is 1. The quantitative estimate of drug-likeness (QED) is 0.691. The van der Waals surface area contributed by atoms with Gasteiger partial charge in [-0.1, -0.05) is 19.4 Å². The zero-order chi connectivity index (χ0) is 13.2. The third-order valence-corrected chi connectivity index (χ3v) is 3.48. The third kappa shape index (κ3) is 5.87. The van der Waals surface area contributed by atoms with Crippen LogP contribution in [0.1, 0.15) is 38.7 Å². The lowest BCUT2D eigenvalue weighted by molar-refractivity contribution is 0.338. The van der Waals surface area contributed by atoms with Crippen LogP contribution in [0, 0.1) is 0 Å². The summed E-state index contributed by atoms with van der Waals surface area (Å²) in [7, 11) is 0. The van der Waals surface area contributed by atoms with E-state index in [0.717, 1.165) is 29.7 Å². The minimum atomic E-state index is 0.711. The standard InChI is InChI=1S/C15H24BrNO/c1-3-17-11-7-5-6-8-13-9-10-15(18-4-2)14(16)12-13/h9-10,12,17H,3-8,11H2,1-2H3. The smallest absolute Gasteiger partial charge is 0.133 e. The Labute approximate surface area is 119 Å². The van der Waals surface area contributed by atoms with Gasteiger partial charge in [0.25, 0.3) is 0 Å². The van der Waals surface area contributed by atoms with E-state index in [2.05, 4.69) is 46.4 Å². The lowest BCUT2D eigenvalue weighted by atomic mass is 10.1. The van der Waals surface area contributed by atoms with Crippen LogP contribution in [0.3, 0.4) is 0 Å². The van der Waals surface area contributed by atoms with Crippen molar-refractivity contribution in [1.82, 2.24) is 5.32 Å². The molecule has 0 radical (unpaired) electrons. The maximum absolute atomic E-state index is 5.51. The van der Waals surface area contributed by atoms with Gasteiger partial charge in [-0.15, -0.1) is 0 Å². The molecule has 1 aromatic rings. The number of aryl methyl sites for hydroxylation is 1. The van der Waals surface area contributed by atoms with Gasteiger partial charge in [0.15, 0.2) is 0 Å². The second-order valence-electron chi connectivity index (χ2n) is 4.36. The van der Waals surface area contributed by atoms with Crippen molar-refractivity contribution in [3.63, 3.8) is 0 Å². The van der Waals surface area contributed by atoms with Crippen molar-refractivity contribution in [1.29, 1.82) is 0 Å². The van der Waals surface area contributed by atoms with Gasteiger partial charge in [0, 0.05) is 0 Å². The average molecular weight is 314 g/mol. The molecule has 102 valence electrons. The molecule has 1 aromatic carbocycles. The highest BCUT2D eigenvalue weighted by molar-refractivity contribution is 9.10. The van der Waals surface area contributed by atoms with Gasteiger partial charge in [0.05, 0.1) is 11.1 Å². The predicted molar refractivity (Wildman–Crippen MR) is 81.4 cm³/mol. The number of nitrogens with one attached hydrogen (secondary N) is 1.